The summed E-state index contributed by atoms with van der Waals surface area (Å²) >= 11 is 0. The summed E-state index contributed by atoms with van der Waals surface area (Å²) < 4.78 is 5.59. The minimum Gasteiger partial charge on any atom is -0.507 e. The summed E-state index contributed by atoms with van der Waals surface area (Å²) in [6, 6.07) is 10.1. The normalized spacial score (nSPS) is 16.3. The number of fused-ring (bicyclic) bond motifs is 1. The van der Waals surface area contributed by atoms with Crippen molar-refractivity contribution in [3.8, 4) is 11.5 Å². The van der Waals surface area contributed by atoms with Crippen LogP contribution in [0.15, 0.2) is 36.4 Å². The van der Waals surface area contributed by atoms with Gasteiger partial charge in [-0.1, -0.05) is 12.1 Å². The zero-order valence-electron chi connectivity index (χ0n) is 16.1. The predicted molar refractivity (Wildman–Crippen MR) is 108 cm³/mol. The van der Waals surface area contributed by atoms with Crippen molar-refractivity contribution in [2.75, 3.05) is 19.7 Å². The number of hydrogen-bond donors (Lipinski definition) is 1. The number of carbonyl (C=O) groups excluding carboxylic acids is 3. The number of aldehydes is 1. The number of benzene rings is 2. The number of ether oxygens (including phenoxy) is 1. The van der Waals surface area contributed by atoms with E-state index in [2.05, 4.69) is 0 Å². The Labute approximate surface area is 168 Å². The van der Waals surface area contributed by atoms with E-state index in [0.29, 0.717) is 34.1 Å². The molecule has 1 fully saturated rings. The zero-order chi connectivity index (χ0) is 20.5. The number of phenols is 1. The quantitative estimate of drug-likeness (QED) is 0.812. The van der Waals surface area contributed by atoms with Crippen molar-refractivity contribution in [2.45, 2.75) is 19.8 Å². The predicted octanol–water partition coefficient (Wildman–Crippen LogP) is 3.33. The lowest BCUT2D eigenvalue weighted by molar-refractivity contribution is -0.115. The average molecular weight is 391 g/mol. The molecule has 0 saturated carbocycles. The molecule has 0 aromatic heterocycles. The summed E-state index contributed by atoms with van der Waals surface area (Å²) in [6.07, 6.45) is 2.54. The van der Waals surface area contributed by atoms with Gasteiger partial charge in [-0.3, -0.25) is 14.4 Å². The van der Waals surface area contributed by atoms with E-state index >= 15 is 0 Å². The first kappa shape index (κ1) is 18.9. The standard InChI is InChI=1S/C23H21NO5/c1-14-17-7-8-19(26)18(12-25)22(17)29-13-20(27)21(14)15-5-4-6-16(11-15)23(28)24-9-2-3-10-24/h4-8,11-12,26H,2-3,9-10,13H2,1H3. The van der Waals surface area contributed by atoms with Gasteiger partial charge in [0, 0.05) is 29.8 Å². The van der Waals surface area contributed by atoms with E-state index in [9.17, 15) is 19.5 Å². The fourth-order valence-corrected chi connectivity index (χ4v) is 4.00. The largest absolute Gasteiger partial charge is 0.507 e. The van der Waals surface area contributed by atoms with E-state index in [4.69, 9.17) is 4.74 Å². The third kappa shape index (κ3) is 3.31. The zero-order valence-corrected chi connectivity index (χ0v) is 16.1. The second-order valence-corrected chi connectivity index (χ2v) is 7.28. The first-order chi connectivity index (χ1) is 14.0. The Balaban J connectivity index is 1.82. The molecule has 29 heavy (non-hydrogen) atoms. The molecule has 0 radical (unpaired) electrons. The third-order valence-electron chi connectivity index (χ3n) is 5.49. The molecule has 1 amide bonds. The molecule has 0 bridgehead atoms. The maximum absolute atomic E-state index is 12.9. The molecule has 0 spiro atoms. The number of hydrogen-bond acceptors (Lipinski definition) is 5. The number of nitrogens with zero attached hydrogens (tertiary/aromatic N) is 1. The highest BCUT2D eigenvalue weighted by molar-refractivity contribution is 6.29. The van der Waals surface area contributed by atoms with E-state index in [1.54, 1.807) is 37.3 Å². The highest BCUT2D eigenvalue weighted by Crippen LogP contribution is 2.40. The maximum Gasteiger partial charge on any atom is 0.253 e. The fourth-order valence-electron chi connectivity index (χ4n) is 4.00. The fraction of sp³-hybridized carbons (Fsp3) is 0.261. The minimum atomic E-state index is -0.256. The van der Waals surface area contributed by atoms with E-state index in [0.717, 1.165) is 25.9 Å². The highest BCUT2D eigenvalue weighted by Gasteiger charge is 2.27. The molecule has 1 N–H and O–H groups in total. The molecule has 4 rings (SSSR count). The molecule has 0 atom stereocenters. The van der Waals surface area contributed by atoms with Crippen LogP contribution >= 0.6 is 0 Å². The summed E-state index contributed by atoms with van der Waals surface area (Å²) in [5, 5.41) is 9.94. The van der Waals surface area contributed by atoms with Crippen molar-refractivity contribution in [3.05, 3.63) is 58.7 Å². The van der Waals surface area contributed by atoms with Crippen LogP contribution in [0.3, 0.4) is 0 Å². The maximum atomic E-state index is 12.9. The van der Waals surface area contributed by atoms with Gasteiger partial charge in [-0.2, -0.15) is 0 Å². The average Bonchev–Trinajstić information content (AvgIpc) is 3.23. The van der Waals surface area contributed by atoms with Crippen LogP contribution in [0.2, 0.25) is 0 Å². The van der Waals surface area contributed by atoms with E-state index in [1.165, 1.54) is 6.07 Å². The molecule has 1 saturated heterocycles. The van der Waals surface area contributed by atoms with Gasteiger partial charge in [0.05, 0.1) is 5.56 Å². The second-order valence-electron chi connectivity index (χ2n) is 7.28. The summed E-state index contributed by atoms with van der Waals surface area (Å²) in [5.74, 6) is -0.278. The Morgan fingerprint density at radius 2 is 1.93 bits per heavy atom. The SMILES string of the molecule is CC1=C(c2cccc(C(=O)N3CCCC3)c2)C(=O)COc2c1ccc(O)c2C=O. The number of phenolic OH excluding ortho intramolecular Hbond substituents is 1. The van der Waals surface area contributed by atoms with Gasteiger partial charge in [-0.25, -0.2) is 0 Å². The van der Waals surface area contributed by atoms with Crippen LogP contribution < -0.4 is 4.74 Å². The molecule has 148 valence electrons. The molecule has 0 aliphatic carbocycles. The third-order valence-corrected chi connectivity index (χ3v) is 5.49. The first-order valence-electron chi connectivity index (χ1n) is 9.59. The Hall–Kier alpha value is -3.41. The van der Waals surface area contributed by atoms with Crippen LogP contribution in [0, 0.1) is 0 Å². The number of allylic oxidation sites excluding steroid dienone is 1. The highest BCUT2D eigenvalue weighted by atomic mass is 16.5. The Morgan fingerprint density at radius 1 is 1.17 bits per heavy atom. The summed E-state index contributed by atoms with van der Waals surface area (Å²) in [5.41, 5.74) is 2.85. The monoisotopic (exact) mass is 391 g/mol. The molecule has 2 aliphatic rings. The van der Waals surface area contributed by atoms with Gasteiger partial charge >= 0.3 is 0 Å². The molecular weight excluding hydrogens is 370 g/mol. The molecule has 2 aromatic carbocycles. The smallest absolute Gasteiger partial charge is 0.253 e. The number of rotatable bonds is 3. The summed E-state index contributed by atoms with van der Waals surface area (Å²) in [7, 11) is 0. The molecular formula is C23H21NO5. The Kier molecular flexibility index (Phi) is 4.92. The van der Waals surface area contributed by atoms with Crippen LogP contribution in [0.1, 0.15) is 51.6 Å². The van der Waals surface area contributed by atoms with Crippen LogP contribution in [0.25, 0.3) is 11.1 Å². The van der Waals surface area contributed by atoms with Gasteiger partial charge in [0.1, 0.15) is 11.5 Å². The van der Waals surface area contributed by atoms with Crippen molar-refractivity contribution >= 4 is 29.1 Å². The topological polar surface area (TPSA) is 83.9 Å². The van der Waals surface area contributed by atoms with Crippen LogP contribution in [0.4, 0.5) is 0 Å². The van der Waals surface area contributed by atoms with E-state index in [-0.39, 0.29) is 35.4 Å². The van der Waals surface area contributed by atoms with Gasteiger partial charge < -0.3 is 14.7 Å². The van der Waals surface area contributed by atoms with Crippen molar-refractivity contribution in [2.24, 2.45) is 0 Å². The summed E-state index contributed by atoms with van der Waals surface area (Å²) in [6.45, 7) is 3.03. The lowest BCUT2D eigenvalue weighted by atomic mass is 9.91. The van der Waals surface area contributed by atoms with Crippen LogP contribution in [-0.2, 0) is 4.79 Å². The number of likely N-dealkylation sites (tertiary alicyclic amines) is 1. The van der Waals surface area contributed by atoms with Crippen LogP contribution in [-0.4, -0.2) is 47.7 Å². The first-order valence-corrected chi connectivity index (χ1v) is 9.59. The Bertz CT molecular complexity index is 1050. The number of aromatic hydroxyl groups is 1. The molecule has 2 aromatic rings. The lowest BCUT2D eigenvalue weighted by Gasteiger charge is -2.16. The van der Waals surface area contributed by atoms with Crippen molar-refractivity contribution < 1.29 is 24.2 Å². The lowest BCUT2D eigenvalue weighted by Crippen LogP contribution is -2.27. The number of carbonyl (C=O) groups is 3. The number of amides is 1. The van der Waals surface area contributed by atoms with E-state index < -0.39 is 0 Å². The van der Waals surface area contributed by atoms with Gasteiger partial charge in [-0.15, -0.1) is 0 Å². The van der Waals surface area contributed by atoms with Crippen LogP contribution in [0.5, 0.6) is 11.5 Å². The number of ketones is 1. The van der Waals surface area contributed by atoms with E-state index in [1.807, 2.05) is 4.90 Å². The van der Waals surface area contributed by atoms with Gasteiger partial charge in [0.15, 0.2) is 12.9 Å². The Morgan fingerprint density at radius 3 is 2.66 bits per heavy atom. The number of Topliss-reactive ketones (excluding diaryl/α,β-unsaturated/α-hetero) is 1. The minimum absolute atomic E-state index is 0.0221. The summed E-state index contributed by atoms with van der Waals surface area (Å²) in [4.78, 5) is 38.9. The molecule has 2 heterocycles. The van der Waals surface area contributed by atoms with Crippen molar-refractivity contribution in [3.63, 3.8) is 0 Å². The second kappa shape index (κ2) is 7.54. The van der Waals surface area contributed by atoms with Crippen molar-refractivity contribution in [1.29, 1.82) is 0 Å². The molecule has 0 unspecified atom stereocenters. The van der Waals surface area contributed by atoms with Gasteiger partial charge in [0.25, 0.3) is 5.91 Å². The molecule has 6 nitrogen and oxygen atoms in total. The van der Waals surface area contributed by atoms with Gasteiger partial charge in [-0.05, 0) is 55.2 Å². The molecule has 2 aliphatic heterocycles. The molecule has 6 heteroatoms. The van der Waals surface area contributed by atoms with Crippen molar-refractivity contribution in [1.82, 2.24) is 4.90 Å². The van der Waals surface area contributed by atoms with Gasteiger partial charge in [0.2, 0.25) is 5.78 Å².